The number of methoxy groups -OCH3 is 1. The van der Waals surface area contributed by atoms with Gasteiger partial charge in [0.05, 0.1) is 13.3 Å². The molecule has 0 amide bonds. The summed E-state index contributed by atoms with van der Waals surface area (Å²) in [4.78, 5) is 30.8. The van der Waals surface area contributed by atoms with E-state index in [1.807, 2.05) is 13.8 Å². The Morgan fingerprint density at radius 1 is 1.39 bits per heavy atom. The first-order valence-electron chi connectivity index (χ1n) is 8.67. The molecule has 0 spiro atoms. The van der Waals surface area contributed by atoms with E-state index in [1.165, 1.54) is 31.0 Å². The minimum Gasteiger partial charge on any atom is -0.507 e. The van der Waals surface area contributed by atoms with Gasteiger partial charge >= 0.3 is 5.69 Å². The van der Waals surface area contributed by atoms with Crippen LogP contribution in [0.3, 0.4) is 0 Å². The summed E-state index contributed by atoms with van der Waals surface area (Å²) in [5.74, 6) is 1.09. The number of imidazole rings is 1. The Balaban J connectivity index is 2.00. The highest BCUT2D eigenvalue weighted by molar-refractivity contribution is 5.84. The van der Waals surface area contributed by atoms with E-state index in [1.54, 1.807) is 16.7 Å². The van der Waals surface area contributed by atoms with Gasteiger partial charge in [-0.2, -0.15) is 10.1 Å². The summed E-state index contributed by atoms with van der Waals surface area (Å²) in [6.45, 7) is 4.51. The number of hydrazone groups is 1. The largest absolute Gasteiger partial charge is 0.507 e. The van der Waals surface area contributed by atoms with Crippen molar-refractivity contribution in [3.05, 3.63) is 44.6 Å². The van der Waals surface area contributed by atoms with Gasteiger partial charge in [0.15, 0.2) is 11.2 Å². The topological polar surface area (TPSA) is 127 Å². The first kappa shape index (κ1) is 19.2. The second-order valence-corrected chi connectivity index (χ2v) is 6.73. The molecule has 0 aliphatic carbocycles. The number of H-pyrrole nitrogens is 1. The first-order valence-corrected chi connectivity index (χ1v) is 8.67. The number of anilines is 1. The molecule has 0 fully saturated rings. The molecular formula is C18H22N6O4. The SMILES string of the molecule is COc1ccc(/C=N/Nc2nc3c(c(=O)[nH]c(=O)n3C)n2CC(C)C)c(O)c1. The van der Waals surface area contributed by atoms with Crippen LogP contribution in [-0.2, 0) is 13.6 Å². The molecule has 1 aromatic carbocycles. The van der Waals surface area contributed by atoms with Gasteiger partial charge in [0.2, 0.25) is 5.95 Å². The van der Waals surface area contributed by atoms with E-state index < -0.39 is 11.2 Å². The van der Waals surface area contributed by atoms with Crippen LogP contribution in [0.5, 0.6) is 11.5 Å². The van der Waals surface area contributed by atoms with Gasteiger partial charge in [0.25, 0.3) is 5.56 Å². The summed E-state index contributed by atoms with van der Waals surface area (Å²) in [6.07, 6.45) is 1.43. The van der Waals surface area contributed by atoms with Crippen molar-refractivity contribution in [3.63, 3.8) is 0 Å². The van der Waals surface area contributed by atoms with Gasteiger partial charge in [-0.3, -0.25) is 14.3 Å². The number of nitrogens with one attached hydrogen (secondary N) is 2. The fourth-order valence-electron chi connectivity index (χ4n) is 2.78. The van der Waals surface area contributed by atoms with Gasteiger partial charge in [-0.25, -0.2) is 10.2 Å². The molecule has 148 valence electrons. The standard InChI is InChI=1S/C18H22N6O4/c1-10(2)9-24-14-15(23(3)18(27)21-16(14)26)20-17(24)22-19-8-11-5-6-12(28-4)7-13(11)25/h5-8,10,25H,9H2,1-4H3,(H,20,22)(H,21,26,27)/b19-8+. The van der Waals surface area contributed by atoms with Crippen LogP contribution in [0.2, 0.25) is 0 Å². The molecule has 10 nitrogen and oxygen atoms in total. The average molecular weight is 386 g/mol. The lowest BCUT2D eigenvalue weighted by Crippen LogP contribution is -2.29. The molecule has 0 atom stereocenters. The maximum Gasteiger partial charge on any atom is 0.329 e. The number of hydrogen-bond acceptors (Lipinski definition) is 7. The molecule has 3 aromatic rings. The predicted octanol–water partition coefficient (Wildman–Crippen LogP) is 1.24. The summed E-state index contributed by atoms with van der Waals surface area (Å²) in [7, 11) is 3.05. The van der Waals surface area contributed by atoms with Crippen LogP contribution in [0.25, 0.3) is 11.2 Å². The third-order valence-corrected chi connectivity index (χ3v) is 4.16. The molecule has 0 aliphatic rings. The maximum absolute atomic E-state index is 12.3. The van der Waals surface area contributed by atoms with E-state index in [2.05, 4.69) is 20.5 Å². The van der Waals surface area contributed by atoms with Gasteiger partial charge in [-0.05, 0) is 18.1 Å². The molecule has 0 saturated heterocycles. The first-order chi connectivity index (χ1) is 13.3. The van der Waals surface area contributed by atoms with Gasteiger partial charge in [-0.1, -0.05) is 13.8 Å². The molecule has 2 aromatic heterocycles. The minimum atomic E-state index is -0.537. The zero-order chi connectivity index (χ0) is 20.4. The second kappa shape index (κ2) is 7.59. The predicted molar refractivity (Wildman–Crippen MR) is 106 cm³/mol. The van der Waals surface area contributed by atoms with Crippen molar-refractivity contribution in [1.29, 1.82) is 0 Å². The lowest BCUT2D eigenvalue weighted by molar-refractivity contribution is 0.407. The van der Waals surface area contributed by atoms with Crippen molar-refractivity contribution in [2.45, 2.75) is 20.4 Å². The van der Waals surface area contributed by atoms with Crippen molar-refractivity contribution in [1.82, 2.24) is 19.1 Å². The van der Waals surface area contributed by atoms with E-state index in [4.69, 9.17) is 4.74 Å². The number of nitrogens with zero attached hydrogens (tertiary/aromatic N) is 4. The number of benzene rings is 1. The summed E-state index contributed by atoms with van der Waals surface area (Å²) in [5.41, 5.74) is 2.79. The summed E-state index contributed by atoms with van der Waals surface area (Å²) < 4.78 is 8.01. The number of rotatable bonds is 6. The smallest absolute Gasteiger partial charge is 0.329 e. The molecule has 2 heterocycles. The lowest BCUT2D eigenvalue weighted by Gasteiger charge is -2.10. The average Bonchev–Trinajstić information content (AvgIpc) is 2.99. The Morgan fingerprint density at radius 2 is 2.14 bits per heavy atom. The molecule has 3 N–H and O–H groups in total. The number of aromatic nitrogens is 4. The Morgan fingerprint density at radius 3 is 2.79 bits per heavy atom. The lowest BCUT2D eigenvalue weighted by atomic mass is 10.2. The van der Waals surface area contributed by atoms with Crippen molar-refractivity contribution >= 4 is 23.3 Å². The highest BCUT2D eigenvalue weighted by Crippen LogP contribution is 2.22. The van der Waals surface area contributed by atoms with Crippen LogP contribution in [0, 0.1) is 5.92 Å². The molecule has 0 saturated carbocycles. The zero-order valence-corrected chi connectivity index (χ0v) is 16.1. The minimum absolute atomic E-state index is 0.0134. The number of fused-ring (bicyclic) bond motifs is 1. The Hall–Kier alpha value is -3.56. The molecule has 0 radical (unpaired) electrons. The number of ether oxygens (including phenoxy) is 1. The van der Waals surface area contributed by atoms with Gasteiger partial charge in [0, 0.05) is 25.2 Å². The van der Waals surface area contributed by atoms with E-state index in [-0.39, 0.29) is 17.3 Å². The van der Waals surface area contributed by atoms with E-state index in [0.717, 1.165) is 0 Å². The molecule has 0 bridgehead atoms. The van der Waals surface area contributed by atoms with Crippen LogP contribution in [-0.4, -0.2) is 37.5 Å². The van der Waals surface area contributed by atoms with Crippen LogP contribution >= 0.6 is 0 Å². The van der Waals surface area contributed by atoms with Crippen molar-refractivity contribution < 1.29 is 9.84 Å². The van der Waals surface area contributed by atoms with Crippen LogP contribution < -0.4 is 21.4 Å². The zero-order valence-electron chi connectivity index (χ0n) is 16.1. The maximum atomic E-state index is 12.3. The number of hydrogen-bond donors (Lipinski definition) is 3. The van der Waals surface area contributed by atoms with Crippen LogP contribution in [0.15, 0.2) is 32.9 Å². The van der Waals surface area contributed by atoms with Crippen molar-refractivity contribution in [3.8, 4) is 11.5 Å². The molecule has 0 aliphatic heterocycles. The Kier molecular flexibility index (Phi) is 5.21. The number of aromatic hydroxyl groups is 1. The van der Waals surface area contributed by atoms with Gasteiger partial charge in [0.1, 0.15) is 11.5 Å². The third-order valence-electron chi connectivity index (χ3n) is 4.16. The number of phenolic OH excluding ortho intramolecular Hbond substituents is 1. The van der Waals surface area contributed by atoms with E-state index >= 15 is 0 Å². The highest BCUT2D eigenvalue weighted by Gasteiger charge is 2.17. The van der Waals surface area contributed by atoms with Gasteiger partial charge in [-0.15, -0.1) is 0 Å². The summed E-state index contributed by atoms with van der Waals surface area (Å²) >= 11 is 0. The second-order valence-electron chi connectivity index (χ2n) is 6.73. The summed E-state index contributed by atoms with van der Waals surface area (Å²) in [5, 5.41) is 14.1. The molecule has 10 heteroatoms. The Labute approximate surface area is 160 Å². The molecule has 28 heavy (non-hydrogen) atoms. The molecule has 0 unspecified atom stereocenters. The molecule has 3 rings (SSSR count). The number of aryl methyl sites for hydroxylation is 1. The van der Waals surface area contributed by atoms with Gasteiger partial charge < -0.3 is 14.4 Å². The summed E-state index contributed by atoms with van der Waals surface area (Å²) in [6, 6.07) is 4.83. The monoisotopic (exact) mass is 386 g/mol. The highest BCUT2D eigenvalue weighted by atomic mass is 16.5. The Bertz CT molecular complexity index is 1160. The van der Waals surface area contributed by atoms with Crippen LogP contribution in [0.1, 0.15) is 19.4 Å². The quantitative estimate of drug-likeness (QED) is 0.432. The van der Waals surface area contributed by atoms with Crippen molar-refractivity contribution in [2.75, 3.05) is 12.5 Å². The molecular weight excluding hydrogens is 364 g/mol. The van der Waals surface area contributed by atoms with E-state index in [9.17, 15) is 14.7 Å². The fourth-order valence-corrected chi connectivity index (χ4v) is 2.78. The third kappa shape index (κ3) is 3.61. The number of aromatic amines is 1. The van der Waals surface area contributed by atoms with E-state index in [0.29, 0.717) is 29.3 Å². The van der Waals surface area contributed by atoms with Crippen LogP contribution in [0.4, 0.5) is 5.95 Å². The number of phenols is 1. The fraction of sp³-hybridized carbons (Fsp3) is 0.333. The van der Waals surface area contributed by atoms with Crippen molar-refractivity contribution in [2.24, 2.45) is 18.1 Å². The normalized spacial score (nSPS) is 11.6.